The van der Waals surface area contributed by atoms with Crippen molar-refractivity contribution in [2.24, 2.45) is 5.92 Å². The first kappa shape index (κ1) is 24.5. The fourth-order valence-corrected chi connectivity index (χ4v) is 4.00. The molecule has 0 spiro atoms. The zero-order chi connectivity index (χ0) is 24.3. The molecule has 0 aliphatic rings. The summed E-state index contributed by atoms with van der Waals surface area (Å²) in [7, 11) is 0. The standard InChI is InChI=1S/C24H25ClFNO6/c1-4-32-19-10-14(8-15-6-5-7-17(25)21(15)26)9-16-22(19)27(18(12-28)13(2)3)11-20(23(16)29)33-24(30)31/h5-7,9-11,13,18,28H,4,8,12H2,1-3H3,(H,30,31)/t18-/m1/s1. The monoisotopic (exact) mass is 477 g/mol. The molecule has 2 aromatic carbocycles. The number of ether oxygens (including phenoxy) is 2. The van der Waals surface area contributed by atoms with E-state index in [1.54, 1.807) is 35.8 Å². The number of fused-ring (bicyclic) bond motifs is 1. The van der Waals surface area contributed by atoms with Crippen molar-refractivity contribution in [2.45, 2.75) is 33.2 Å². The van der Waals surface area contributed by atoms with Gasteiger partial charge in [-0.15, -0.1) is 0 Å². The smallest absolute Gasteiger partial charge is 0.492 e. The molecular formula is C24H25ClFNO6. The predicted octanol–water partition coefficient (Wildman–Crippen LogP) is 5.03. The van der Waals surface area contributed by atoms with Crippen LogP contribution in [0, 0.1) is 11.7 Å². The van der Waals surface area contributed by atoms with E-state index in [1.165, 1.54) is 12.3 Å². The first-order valence-electron chi connectivity index (χ1n) is 10.5. The second-order valence-corrected chi connectivity index (χ2v) is 8.31. The molecule has 0 saturated carbocycles. The lowest BCUT2D eigenvalue weighted by atomic mass is 9.99. The van der Waals surface area contributed by atoms with E-state index in [0.717, 1.165) is 0 Å². The molecule has 33 heavy (non-hydrogen) atoms. The number of benzene rings is 2. The molecule has 0 aliphatic heterocycles. The summed E-state index contributed by atoms with van der Waals surface area (Å²) in [5, 5.41) is 19.3. The van der Waals surface area contributed by atoms with Crippen LogP contribution >= 0.6 is 11.6 Å². The van der Waals surface area contributed by atoms with Crippen molar-refractivity contribution < 1.29 is 28.9 Å². The van der Waals surface area contributed by atoms with E-state index < -0.39 is 29.2 Å². The highest BCUT2D eigenvalue weighted by atomic mass is 35.5. The minimum Gasteiger partial charge on any atom is -0.492 e. The molecule has 0 amide bonds. The Morgan fingerprint density at radius 3 is 2.58 bits per heavy atom. The molecule has 0 unspecified atom stereocenters. The molecule has 2 N–H and O–H groups in total. The summed E-state index contributed by atoms with van der Waals surface area (Å²) in [4.78, 5) is 24.4. The molecule has 9 heteroatoms. The van der Waals surface area contributed by atoms with Gasteiger partial charge >= 0.3 is 6.16 Å². The Balaban J connectivity index is 2.33. The van der Waals surface area contributed by atoms with E-state index >= 15 is 0 Å². The summed E-state index contributed by atoms with van der Waals surface area (Å²) in [6.45, 7) is 5.59. The van der Waals surface area contributed by atoms with Crippen LogP contribution in [0.3, 0.4) is 0 Å². The van der Waals surface area contributed by atoms with Crippen molar-refractivity contribution in [3.63, 3.8) is 0 Å². The van der Waals surface area contributed by atoms with Crippen LogP contribution in [0.2, 0.25) is 5.02 Å². The van der Waals surface area contributed by atoms with E-state index in [0.29, 0.717) is 22.4 Å². The molecule has 1 atom stereocenters. The maximum Gasteiger partial charge on any atom is 0.511 e. The SMILES string of the molecule is CCOc1cc(Cc2cccc(Cl)c2F)cc2c(=O)c(OC(=O)O)cn([C@H](CO)C(C)C)c12. The van der Waals surface area contributed by atoms with Crippen molar-refractivity contribution in [3.8, 4) is 11.5 Å². The van der Waals surface area contributed by atoms with E-state index in [-0.39, 0.29) is 36.0 Å². The zero-order valence-corrected chi connectivity index (χ0v) is 19.2. The Bertz CT molecular complexity index is 1240. The highest BCUT2D eigenvalue weighted by Crippen LogP contribution is 2.33. The van der Waals surface area contributed by atoms with Crippen LogP contribution in [0.4, 0.5) is 9.18 Å². The number of nitrogens with zero attached hydrogens (tertiary/aromatic N) is 1. The topological polar surface area (TPSA) is 98.0 Å². The van der Waals surface area contributed by atoms with E-state index in [4.69, 9.17) is 26.2 Å². The van der Waals surface area contributed by atoms with Gasteiger partial charge in [-0.2, -0.15) is 0 Å². The molecule has 0 radical (unpaired) electrons. The highest BCUT2D eigenvalue weighted by Gasteiger charge is 2.23. The summed E-state index contributed by atoms with van der Waals surface area (Å²) < 4.78 is 26.7. The molecule has 0 aliphatic carbocycles. The van der Waals surface area contributed by atoms with Gasteiger partial charge in [0.1, 0.15) is 11.6 Å². The number of carboxylic acid groups (broad SMARTS) is 1. The number of aliphatic hydroxyl groups is 1. The van der Waals surface area contributed by atoms with Crippen molar-refractivity contribution >= 4 is 28.7 Å². The summed E-state index contributed by atoms with van der Waals surface area (Å²) in [6, 6.07) is 7.44. The van der Waals surface area contributed by atoms with Crippen molar-refractivity contribution in [3.05, 3.63) is 68.7 Å². The third-order valence-electron chi connectivity index (χ3n) is 5.35. The van der Waals surface area contributed by atoms with Crippen molar-refractivity contribution in [1.29, 1.82) is 0 Å². The van der Waals surface area contributed by atoms with Gasteiger partial charge in [-0.3, -0.25) is 4.79 Å². The van der Waals surface area contributed by atoms with Crippen LogP contribution in [0.5, 0.6) is 11.5 Å². The number of halogens is 2. The molecule has 7 nitrogen and oxygen atoms in total. The second-order valence-electron chi connectivity index (χ2n) is 7.90. The van der Waals surface area contributed by atoms with Gasteiger partial charge in [-0.05, 0) is 42.2 Å². The van der Waals surface area contributed by atoms with Crippen molar-refractivity contribution in [1.82, 2.24) is 4.57 Å². The number of hydrogen-bond acceptors (Lipinski definition) is 5. The number of aliphatic hydroxyl groups excluding tert-OH is 1. The van der Waals surface area contributed by atoms with Crippen LogP contribution in [0.25, 0.3) is 10.9 Å². The molecule has 3 aromatic rings. The molecule has 0 saturated heterocycles. The lowest BCUT2D eigenvalue weighted by Crippen LogP contribution is -2.24. The molecule has 1 heterocycles. The summed E-state index contributed by atoms with van der Waals surface area (Å²) in [5.41, 5.74) is 0.632. The average molecular weight is 478 g/mol. The van der Waals surface area contributed by atoms with Gasteiger partial charge in [-0.1, -0.05) is 37.6 Å². The third kappa shape index (κ3) is 5.12. The number of hydrogen-bond donors (Lipinski definition) is 2. The predicted molar refractivity (Wildman–Crippen MR) is 123 cm³/mol. The van der Waals surface area contributed by atoms with Gasteiger partial charge in [0.25, 0.3) is 0 Å². The fourth-order valence-electron chi connectivity index (χ4n) is 3.81. The Hall–Kier alpha value is -3.10. The fraction of sp³-hybridized carbons (Fsp3) is 0.333. The number of carbonyl (C=O) groups is 1. The first-order chi connectivity index (χ1) is 15.7. The van der Waals surface area contributed by atoms with Crippen LogP contribution in [0.1, 0.15) is 37.9 Å². The summed E-state index contributed by atoms with van der Waals surface area (Å²) in [5.74, 6) is -0.668. The van der Waals surface area contributed by atoms with Crippen LogP contribution in [-0.4, -0.2) is 34.1 Å². The Morgan fingerprint density at radius 2 is 1.97 bits per heavy atom. The van der Waals surface area contributed by atoms with Gasteiger partial charge in [0, 0.05) is 6.42 Å². The minimum atomic E-state index is -1.63. The first-order valence-corrected chi connectivity index (χ1v) is 10.8. The van der Waals surface area contributed by atoms with Crippen LogP contribution in [0.15, 0.2) is 41.3 Å². The summed E-state index contributed by atoms with van der Waals surface area (Å²) >= 11 is 5.90. The zero-order valence-electron chi connectivity index (χ0n) is 18.5. The maximum absolute atomic E-state index is 14.5. The van der Waals surface area contributed by atoms with Gasteiger partial charge in [0.2, 0.25) is 5.43 Å². The lowest BCUT2D eigenvalue weighted by Gasteiger charge is -2.26. The number of pyridine rings is 1. The average Bonchev–Trinajstić information content (AvgIpc) is 2.74. The molecule has 176 valence electrons. The molecular weight excluding hydrogens is 453 g/mol. The Labute approximate surface area is 194 Å². The lowest BCUT2D eigenvalue weighted by molar-refractivity contribution is 0.143. The van der Waals surface area contributed by atoms with E-state index in [9.17, 15) is 19.1 Å². The van der Waals surface area contributed by atoms with Crippen LogP contribution < -0.4 is 14.9 Å². The third-order valence-corrected chi connectivity index (χ3v) is 5.65. The quantitative estimate of drug-likeness (QED) is 0.441. The Morgan fingerprint density at radius 1 is 1.24 bits per heavy atom. The maximum atomic E-state index is 14.5. The summed E-state index contributed by atoms with van der Waals surface area (Å²) in [6.07, 6.45) is -0.233. The molecule has 3 rings (SSSR count). The number of rotatable bonds is 8. The molecule has 1 aromatic heterocycles. The van der Waals surface area contributed by atoms with Gasteiger partial charge in [-0.25, -0.2) is 9.18 Å². The molecule has 0 bridgehead atoms. The van der Waals surface area contributed by atoms with Crippen molar-refractivity contribution in [2.75, 3.05) is 13.2 Å². The van der Waals surface area contributed by atoms with Gasteiger partial charge in [0.05, 0.1) is 41.4 Å². The normalized spacial score (nSPS) is 12.2. The van der Waals surface area contributed by atoms with E-state index in [2.05, 4.69) is 0 Å². The van der Waals surface area contributed by atoms with E-state index in [1.807, 2.05) is 13.8 Å². The largest absolute Gasteiger partial charge is 0.511 e. The molecule has 0 fully saturated rings. The van der Waals surface area contributed by atoms with Crippen LogP contribution in [-0.2, 0) is 6.42 Å². The highest BCUT2D eigenvalue weighted by molar-refractivity contribution is 6.30. The Kier molecular flexibility index (Phi) is 7.61. The minimum absolute atomic E-state index is 0.0134. The van der Waals surface area contributed by atoms with Gasteiger partial charge in [0.15, 0.2) is 5.75 Å². The second kappa shape index (κ2) is 10.2. The van der Waals surface area contributed by atoms with Gasteiger partial charge < -0.3 is 24.3 Å². The number of aromatic nitrogens is 1.